The molecular formula is C18H24N2O5S. The van der Waals surface area contributed by atoms with Crippen molar-refractivity contribution in [1.82, 2.24) is 10.2 Å². The largest absolute Gasteiger partial charge is 0.496 e. The van der Waals surface area contributed by atoms with Crippen molar-refractivity contribution in [3.8, 4) is 17.2 Å². The highest BCUT2D eigenvalue weighted by molar-refractivity contribution is 7.80. The molecule has 1 aromatic rings. The van der Waals surface area contributed by atoms with Crippen molar-refractivity contribution in [2.75, 3.05) is 35.0 Å². The second-order valence-corrected chi connectivity index (χ2v) is 6.00. The van der Waals surface area contributed by atoms with Crippen LogP contribution in [-0.2, 0) is 9.53 Å². The van der Waals surface area contributed by atoms with Crippen LogP contribution in [0.25, 0.3) is 0 Å². The van der Waals surface area contributed by atoms with Crippen molar-refractivity contribution >= 4 is 23.3 Å². The van der Waals surface area contributed by atoms with Crippen LogP contribution in [-0.4, -0.2) is 51.0 Å². The van der Waals surface area contributed by atoms with E-state index >= 15 is 0 Å². The van der Waals surface area contributed by atoms with Crippen molar-refractivity contribution in [1.29, 1.82) is 0 Å². The summed E-state index contributed by atoms with van der Waals surface area (Å²) < 4.78 is 21.5. The van der Waals surface area contributed by atoms with E-state index in [0.29, 0.717) is 39.2 Å². The van der Waals surface area contributed by atoms with E-state index in [1.807, 2.05) is 6.92 Å². The van der Waals surface area contributed by atoms with Crippen LogP contribution in [0, 0.1) is 0 Å². The first-order valence-electron chi connectivity index (χ1n) is 8.11. The molecule has 1 aliphatic rings. The standard InChI is InChI=1S/C18H24N2O5S/c1-7-25-17(21)15-10(2)20(3)18(26)19-16(15)11-8-13(23-5)14(24-6)9-12(11)22-4/h8-9,16H,7H2,1-6H3,(H,19,26). The van der Waals surface area contributed by atoms with Gasteiger partial charge in [0.05, 0.1) is 39.6 Å². The molecule has 0 radical (unpaired) electrons. The number of esters is 1. The number of nitrogens with one attached hydrogen (secondary N) is 1. The number of hydrogen-bond donors (Lipinski definition) is 1. The molecule has 1 atom stereocenters. The van der Waals surface area contributed by atoms with E-state index < -0.39 is 12.0 Å². The lowest BCUT2D eigenvalue weighted by Crippen LogP contribution is -2.46. The van der Waals surface area contributed by atoms with Crippen LogP contribution >= 0.6 is 12.2 Å². The summed E-state index contributed by atoms with van der Waals surface area (Å²) in [7, 11) is 6.45. The average Bonchev–Trinajstić information content (AvgIpc) is 2.64. The number of carbonyl (C=O) groups excluding carboxylic acids is 1. The number of hydrogen-bond acceptors (Lipinski definition) is 6. The second-order valence-electron chi connectivity index (χ2n) is 5.61. The molecule has 0 aliphatic carbocycles. The lowest BCUT2D eigenvalue weighted by Gasteiger charge is -2.36. The number of thiocarbonyl (C=S) groups is 1. The number of nitrogens with zero attached hydrogens (tertiary/aromatic N) is 1. The Morgan fingerprint density at radius 3 is 2.27 bits per heavy atom. The van der Waals surface area contributed by atoms with Gasteiger partial charge in [0.2, 0.25) is 0 Å². The molecule has 1 unspecified atom stereocenters. The molecule has 0 amide bonds. The maximum absolute atomic E-state index is 12.6. The quantitative estimate of drug-likeness (QED) is 0.596. The fourth-order valence-corrected chi connectivity index (χ4v) is 3.08. The second kappa shape index (κ2) is 8.27. The van der Waals surface area contributed by atoms with Gasteiger partial charge in [-0.15, -0.1) is 0 Å². The summed E-state index contributed by atoms with van der Waals surface area (Å²) in [6.07, 6.45) is 0. The van der Waals surface area contributed by atoms with Gasteiger partial charge in [-0.3, -0.25) is 0 Å². The Hall–Kier alpha value is -2.48. The van der Waals surface area contributed by atoms with Crippen molar-refractivity contribution < 1.29 is 23.7 Å². The average molecular weight is 380 g/mol. The molecular weight excluding hydrogens is 356 g/mol. The van der Waals surface area contributed by atoms with Crippen LogP contribution in [0.15, 0.2) is 23.4 Å². The Bertz CT molecular complexity index is 747. The Morgan fingerprint density at radius 1 is 1.15 bits per heavy atom. The Morgan fingerprint density at radius 2 is 1.73 bits per heavy atom. The molecule has 2 rings (SSSR count). The molecule has 7 nitrogen and oxygen atoms in total. The number of benzene rings is 1. The molecule has 1 aliphatic heterocycles. The van der Waals surface area contributed by atoms with E-state index in [1.165, 1.54) is 0 Å². The van der Waals surface area contributed by atoms with Crippen molar-refractivity contribution in [3.63, 3.8) is 0 Å². The first-order chi connectivity index (χ1) is 12.4. The van der Waals surface area contributed by atoms with Gasteiger partial charge in [-0.05, 0) is 32.1 Å². The van der Waals surface area contributed by atoms with Crippen LogP contribution in [0.2, 0.25) is 0 Å². The number of allylic oxidation sites excluding steroid dienone is 1. The highest BCUT2D eigenvalue weighted by atomic mass is 32.1. The zero-order valence-corrected chi connectivity index (χ0v) is 16.7. The molecule has 0 saturated carbocycles. The molecule has 1 heterocycles. The van der Waals surface area contributed by atoms with E-state index in [4.69, 9.17) is 31.2 Å². The lowest BCUT2D eigenvalue weighted by molar-refractivity contribution is -0.139. The summed E-state index contributed by atoms with van der Waals surface area (Å²) in [4.78, 5) is 14.4. The normalized spacial score (nSPS) is 16.9. The summed E-state index contributed by atoms with van der Waals surface area (Å²) in [5, 5.41) is 3.69. The highest BCUT2D eigenvalue weighted by Crippen LogP contribution is 2.41. The third-order valence-electron chi connectivity index (χ3n) is 4.30. The summed E-state index contributed by atoms with van der Waals surface area (Å²) in [6.45, 7) is 3.88. The molecule has 0 fully saturated rings. The van der Waals surface area contributed by atoms with Gasteiger partial charge in [0.1, 0.15) is 5.75 Å². The monoisotopic (exact) mass is 380 g/mol. The van der Waals surface area contributed by atoms with Gasteiger partial charge in [0.25, 0.3) is 0 Å². The number of ether oxygens (including phenoxy) is 4. The molecule has 0 spiro atoms. The fraction of sp³-hybridized carbons (Fsp3) is 0.444. The van der Waals surface area contributed by atoms with Gasteiger partial charge in [-0.2, -0.15) is 0 Å². The Kier molecular flexibility index (Phi) is 6.31. The highest BCUT2D eigenvalue weighted by Gasteiger charge is 2.35. The first-order valence-corrected chi connectivity index (χ1v) is 8.52. The third-order valence-corrected chi connectivity index (χ3v) is 4.69. The van der Waals surface area contributed by atoms with E-state index in [9.17, 15) is 4.79 Å². The smallest absolute Gasteiger partial charge is 0.338 e. The molecule has 142 valence electrons. The zero-order valence-electron chi connectivity index (χ0n) is 15.8. The number of rotatable bonds is 6. The van der Waals surface area contributed by atoms with E-state index in [1.54, 1.807) is 52.3 Å². The molecule has 1 N–H and O–H groups in total. The van der Waals surface area contributed by atoms with Crippen molar-refractivity contribution in [3.05, 3.63) is 29.0 Å². The van der Waals surface area contributed by atoms with Gasteiger partial charge in [0, 0.05) is 24.4 Å². The maximum atomic E-state index is 12.6. The first kappa shape index (κ1) is 19.8. The minimum atomic E-state index is -0.535. The minimum absolute atomic E-state index is 0.277. The van der Waals surface area contributed by atoms with Gasteiger partial charge in [0.15, 0.2) is 16.6 Å². The predicted molar refractivity (Wildman–Crippen MR) is 102 cm³/mol. The van der Waals surface area contributed by atoms with Crippen LogP contribution < -0.4 is 19.5 Å². The third kappa shape index (κ3) is 3.55. The molecule has 26 heavy (non-hydrogen) atoms. The minimum Gasteiger partial charge on any atom is -0.496 e. The van der Waals surface area contributed by atoms with Crippen molar-refractivity contribution in [2.24, 2.45) is 0 Å². The summed E-state index contributed by atoms with van der Waals surface area (Å²) in [6, 6.07) is 2.96. The number of carbonyl (C=O) groups is 1. The van der Waals surface area contributed by atoms with Crippen LogP contribution in [0.1, 0.15) is 25.5 Å². The van der Waals surface area contributed by atoms with Crippen LogP contribution in [0.5, 0.6) is 17.2 Å². The zero-order chi connectivity index (χ0) is 19.4. The van der Waals surface area contributed by atoms with Gasteiger partial charge in [-0.1, -0.05) is 0 Å². The fourth-order valence-electron chi connectivity index (χ4n) is 2.82. The van der Waals surface area contributed by atoms with E-state index in [0.717, 1.165) is 0 Å². The van der Waals surface area contributed by atoms with E-state index in [-0.39, 0.29) is 6.61 Å². The molecule has 8 heteroatoms. The summed E-state index contributed by atoms with van der Waals surface area (Å²) in [5.41, 5.74) is 1.88. The Balaban J connectivity index is 2.67. The topological polar surface area (TPSA) is 69.3 Å². The van der Waals surface area contributed by atoms with Gasteiger partial charge >= 0.3 is 5.97 Å². The molecule has 0 bridgehead atoms. The Labute approximate surface area is 158 Å². The van der Waals surface area contributed by atoms with Crippen LogP contribution in [0.3, 0.4) is 0 Å². The summed E-state index contributed by atoms with van der Waals surface area (Å²) in [5.74, 6) is 1.19. The summed E-state index contributed by atoms with van der Waals surface area (Å²) >= 11 is 5.41. The lowest BCUT2D eigenvalue weighted by atomic mass is 9.94. The number of methoxy groups -OCH3 is 3. The predicted octanol–water partition coefficient (Wildman–Crippen LogP) is 2.41. The molecule has 0 saturated heterocycles. The molecule has 0 aromatic heterocycles. The van der Waals surface area contributed by atoms with Crippen molar-refractivity contribution in [2.45, 2.75) is 19.9 Å². The molecule has 1 aromatic carbocycles. The van der Waals surface area contributed by atoms with Gasteiger partial charge in [-0.25, -0.2) is 4.79 Å². The van der Waals surface area contributed by atoms with E-state index in [2.05, 4.69) is 5.32 Å². The maximum Gasteiger partial charge on any atom is 0.338 e. The van der Waals surface area contributed by atoms with Crippen LogP contribution in [0.4, 0.5) is 0 Å². The van der Waals surface area contributed by atoms with Gasteiger partial charge < -0.3 is 29.2 Å². The SMILES string of the molecule is CCOC(=O)C1=C(C)N(C)C(=S)NC1c1cc(OC)c(OC)cc1OC.